The Morgan fingerprint density at radius 1 is 1.21 bits per heavy atom. The molecule has 3 nitrogen and oxygen atoms in total. The highest BCUT2D eigenvalue weighted by Gasteiger charge is 2.00. The van der Waals surface area contributed by atoms with Crippen LogP contribution >= 0.6 is 0 Å². The largest absolute Gasteiger partial charge is 0.378 e. The lowest BCUT2D eigenvalue weighted by molar-refractivity contribution is 1.13. The molecule has 0 aliphatic heterocycles. The standard InChI is InChI=1S/C11H12N2O/c1-13(2)8-3-4-10-9(7-8)11(14)5-6-12-10/h3-7H,1-2H3,(H,12,14). The second-order valence-electron chi connectivity index (χ2n) is 3.47. The van der Waals surface area contributed by atoms with Crippen molar-refractivity contribution < 1.29 is 0 Å². The Morgan fingerprint density at radius 3 is 2.71 bits per heavy atom. The fourth-order valence-corrected chi connectivity index (χ4v) is 1.44. The first-order chi connectivity index (χ1) is 6.68. The molecule has 1 heterocycles. The lowest BCUT2D eigenvalue weighted by Crippen LogP contribution is -2.09. The highest BCUT2D eigenvalue weighted by Crippen LogP contribution is 2.16. The fourth-order valence-electron chi connectivity index (χ4n) is 1.44. The van der Waals surface area contributed by atoms with Crippen LogP contribution in [0.3, 0.4) is 0 Å². The molecule has 2 aromatic rings. The SMILES string of the molecule is CN(C)c1ccc2[nH]ccc(=O)c2c1. The molecule has 0 amide bonds. The Morgan fingerprint density at radius 2 is 2.00 bits per heavy atom. The first-order valence-corrected chi connectivity index (χ1v) is 4.47. The molecule has 2 rings (SSSR count). The third kappa shape index (κ3) is 1.37. The van der Waals surface area contributed by atoms with E-state index in [1.165, 1.54) is 0 Å². The van der Waals surface area contributed by atoms with E-state index in [0.717, 1.165) is 16.6 Å². The van der Waals surface area contributed by atoms with Crippen molar-refractivity contribution in [2.45, 2.75) is 0 Å². The lowest BCUT2D eigenvalue weighted by atomic mass is 10.2. The summed E-state index contributed by atoms with van der Waals surface area (Å²) >= 11 is 0. The summed E-state index contributed by atoms with van der Waals surface area (Å²) in [5.41, 5.74) is 1.97. The summed E-state index contributed by atoms with van der Waals surface area (Å²) in [7, 11) is 3.91. The van der Waals surface area contributed by atoms with Crippen LogP contribution in [0.1, 0.15) is 0 Å². The van der Waals surface area contributed by atoms with Gasteiger partial charge in [0.1, 0.15) is 0 Å². The average Bonchev–Trinajstić information content (AvgIpc) is 2.18. The van der Waals surface area contributed by atoms with Crippen LogP contribution in [-0.4, -0.2) is 19.1 Å². The zero-order valence-electron chi connectivity index (χ0n) is 8.24. The Labute approximate surface area is 82.0 Å². The van der Waals surface area contributed by atoms with Crippen molar-refractivity contribution in [2.24, 2.45) is 0 Å². The van der Waals surface area contributed by atoms with E-state index in [1.807, 2.05) is 37.2 Å². The van der Waals surface area contributed by atoms with Crippen LogP contribution < -0.4 is 10.3 Å². The minimum atomic E-state index is 0.0578. The van der Waals surface area contributed by atoms with E-state index in [2.05, 4.69) is 4.98 Å². The van der Waals surface area contributed by atoms with Gasteiger partial charge in [0.2, 0.25) is 0 Å². The maximum absolute atomic E-state index is 11.5. The smallest absolute Gasteiger partial charge is 0.189 e. The fraction of sp³-hybridized carbons (Fsp3) is 0.182. The predicted octanol–water partition coefficient (Wildman–Crippen LogP) is 1.59. The third-order valence-electron chi connectivity index (χ3n) is 2.26. The number of hydrogen-bond donors (Lipinski definition) is 1. The number of benzene rings is 1. The van der Waals surface area contributed by atoms with Crippen LogP contribution in [0.15, 0.2) is 35.3 Å². The van der Waals surface area contributed by atoms with E-state index < -0.39 is 0 Å². The van der Waals surface area contributed by atoms with E-state index >= 15 is 0 Å². The highest BCUT2D eigenvalue weighted by molar-refractivity contribution is 5.82. The number of rotatable bonds is 1. The Kier molecular flexibility index (Phi) is 2.00. The minimum absolute atomic E-state index is 0.0578. The normalized spacial score (nSPS) is 10.4. The van der Waals surface area contributed by atoms with E-state index in [1.54, 1.807) is 12.3 Å². The molecular weight excluding hydrogens is 176 g/mol. The van der Waals surface area contributed by atoms with Gasteiger partial charge in [-0.1, -0.05) is 0 Å². The quantitative estimate of drug-likeness (QED) is 0.737. The maximum atomic E-state index is 11.5. The molecule has 0 aliphatic rings. The molecule has 0 saturated heterocycles. The van der Waals surface area contributed by atoms with Crippen molar-refractivity contribution >= 4 is 16.6 Å². The van der Waals surface area contributed by atoms with Crippen molar-refractivity contribution in [3.63, 3.8) is 0 Å². The molecule has 72 valence electrons. The van der Waals surface area contributed by atoms with Gasteiger partial charge in [-0.25, -0.2) is 0 Å². The van der Waals surface area contributed by atoms with Crippen molar-refractivity contribution in [1.29, 1.82) is 0 Å². The highest BCUT2D eigenvalue weighted by atomic mass is 16.1. The number of hydrogen-bond acceptors (Lipinski definition) is 2. The molecule has 0 unspecified atom stereocenters. The van der Waals surface area contributed by atoms with Crippen molar-refractivity contribution in [3.05, 3.63) is 40.7 Å². The Bertz CT molecular complexity index is 514. The molecule has 0 atom stereocenters. The summed E-state index contributed by atoms with van der Waals surface area (Å²) in [6.07, 6.45) is 1.67. The van der Waals surface area contributed by atoms with Crippen molar-refractivity contribution in [1.82, 2.24) is 4.98 Å². The van der Waals surface area contributed by atoms with Gasteiger partial charge in [-0.15, -0.1) is 0 Å². The summed E-state index contributed by atoms with van der Waals surface area (Å²) in [6.45, 7) is 0. The number of anilines is 1. The molecule has 3 heteroatoms. The molecule has 0 bridgehead atoms. The van der Waals surface area contributed by atoms with E-state index in [-0.39, 0.29) is 5.43 Å². The van der Waals surface area contributed by atoms with Gasteiger partial charge in [0.05, 0.1) is 0 Å². The summed E-state index contributed by atoms with van der Waals surface area (Å²) in [5.74, 6) is 0. The van der Waals surface area contributed by atoms with Crippen LogP contribution in [0.5, 0.6) is 0 Å². The predicted molar refractivity (Wildman–Crippen MR) is 58.9 cm³/mol. The van der Waals surface area contributed by atoms with Gasteiger partial charge in [-0.05, 0) is 18.2 Å². The maximum Gasteiger partial charge on any atom is 0.189 e. The number of aromatic nitrogens is 1. The van der Waals surface area contributed by atoms with Gasteiger partial charge >= 0.3 is 0 Å². The Hall–Kier alpha value is -1.77. The molecule has 0 radical (unpaired) electrons. The number of nitrogens with one attached hydrogen (secondary N) is 1. The second kappa shape index (κ2) is 3.18. The number of H-pyrrole nitrogens is 1. The van der Waals surface area contributed by atoms with Crippen molar-refractivity contribution in [3.8, 4) is 0 Å². The lowest BCUT2D eigenvalue weighted by Gasteiger charge is -2.12. The molecule has 0 fully saturated rings. The van der Waals surface area contributed by atoms with E-state index in [4.69, 9.17) is 0 Å². The van der Waals surface area contributed by atoms with Gasteiger partial charge in [-0.3, -0.25) is 4.79 Å². The van der Waals surface area contributed by atoms with Crippen LogP contribution in [-0.2, 0) is 0 Å². The monoisotopic (exact) mass is 188 g/mol. The number of aromatic amines is 1. The number of pyridine rings is 1. The van der Waals surface area contributed by atoms with Crippen molar-refractivity contribution in [2.75, 3.05) is 19.0 Å². The number of nitrogens with zero attached hydrogens (tertiary/aromatic N) is 1. The zero-order valence-corrected chi connectivity index (χ0v) is 8.24. The molecule has 1 aromatic carbocycles. The summed E-state index contributed by atoms with van der Waals surface area (Å²) in [4.78, 5) is 16.5. The molecule has 1 aromatic heterocycles. The molecular formula is C11H12N2O. The molecule has 0 saturated carbocycles. The zero-order chi connectivity index (χ0) is 10.1. The topological polar surface area (TPSA) is 36.1 Å². The molecule has 14 heavy (non-hydrogen) atoms. The molecule has 1 N–H and O–H groups in total. The summed E-state index contributed by atoms with van der Waals surface area (Å²) in [6, 6.07) is 7.35. The second-order valence-corrected chi connectivity index (χ2v) is 3.47. The minimum Gasteiger partial charge on any atom is -0.378 e. The Balaban J connectivity index is 2.76. The average molecular weight is 188 g/mol. The van der Waals surface area contributed by atoms with Crippen LogP contribution in [0, 0.1) is 0 Å². The van der Waals surface area contributed by atoms with Gasteiger partial charge < -0.3 is 9.88 Å². The van der Waals surface area contributed by atoms with Gasteiger partial charge in [0.15, 0.2) is 5.43 Å². The van der Waals surface area contributed by atoms with Gasteiger partial charge in [-0.2, -0.15) is 0 Å². The third-order valence-corrected chi connectivity index (χ3v) is 2.26. The first-order valence-electron chi connectivity index (χ1n) is 4.47. The molecule has 0 aliphatic carbocycles. The van der Waals surface area contributed by atoms with Crippen LogP contribution in [0.4, 0.5) is 5.69 Å². The number of fused-ring (bicyclic) bond motifs is 1. The van der Waals surface area contributed by atoms with E-state index in [0.29, 0.717) is 0 Å². The molecule has 0 spiro atoms. The van der Waals surface area contributed by atoms with Gasteiger partial charge in [0, 0.05) is 42.9 Å². The first kappa shape index (κ1) is 8.81. The van der Waals surface area contributed by atoms with Crippen LogP contribution in [0.2, 0.25) is 0 Å². The summed E-state index contributed by atoms with van der Waals surface area (Å²) < 4.78 is 0. The van der Waals surface area contributed by atoms with Gasteiger partial charge in [0.25, 0.3) is 0 Å². The van der Waals surface area contributed by atoms with E-state index in [9.17, 15) is 4.79 Å². The van der Waals surface area contributed by atoms with Crippen LogP contribution in [0.25, 0.3) is 10.9 Å². The summed E-state index contributed by atoms with van der Waals surface area (Å²) in [5, 5.41) is 0.735.